The Kier molecular flexibility index (Phi) is 11.2. The number of amides is 2. The predicted octanol–water partition coefficient (Wildman–Crippen LogP) is 3.63. The number of carbonyl (C=O) groups excluding carboxylic acids is 2. The number of hydrogen-bond donors (Lipinski definition) is 2. The van der Waals surface area contributed by atoms with Gasteiger partial charge in [-0.2, -0.15) is 0 Å². The molecule has 2 saturated heterocycles. The van der Waals surface area contributed by atoms with Crippen LogP contribution in [0.5, 0.6) is 5.75 Å². The second kappa shape index (κ2) is 13.7. The maximum atomic E-state index is 13.8. The summed E-state index contributed by atoms with van der Waals surface area (Å²) in [5.41, 5.74) is 0.299. The Morgan fingerprint density at radius 2 is 1.79 bits per heavy atom. The third-order valence-electron chi connectivity index (χ3n) is 9.16. The van der Waals surface area contributed by atoms with Crippen molar-refractivity contribution in [3.05, 3.63) is 24.3 Å². The number of para-hydroxylation sites is 2. The van der Waals surface area contributed by atoms with Gasteiger partial charge in [0.05, 0.1) is 18.3 Å². The van der Waals surface area contributed by atoms with Crippen LogP contribution in [0.1, 0.15) is 64.7 Å². The summed E-state index contributed by atoms with van der Waals surface area (Å²) < 4.78 is 6.30. The lowest BCUT2D eigenvalue weighted by Gasteiger charge is -2.53. The Morgan fingerprint density at radius 3 is 2.49 bits per heavy atom. The minimum absolute atomic E-state index is 0. The van der Waals surface area contributed by atoms with E-state index in [-0.39, 0.29) is 48.7 Å². The van der Waals surface area contributed by atoms with E-state index in [1.54, 1.807) is 0 Å². The molecule has 8 nitrogen and oxygen atoms in total. The smallest absolute Gasteiger partial charge is 0.248 e. The standard InChI is InChI=1S/C29H44N4O4.2ClH/c1-3-4-16-33-27(35)25(26(34)21-10-6-5-7-11-21)30-28(36)29(33)14-17-32(18-15-29)20-22-19-31(2)23-12-8-9-13-24(23)37-22;;/h8-9,12-13,21-22,25-26,34H,3-7,10-11,14-20H2,1-2H3,(H,30,36);2*1H/t22?,25-,26-;;/m1../s1. The average molecular weight is 586 g/mol. The molecule has 0 bridgehead atoms. The van der Waals surface area contributed by atoms with E-state index in [2.05, 4.69) is 35.2 Å². The number of piperidine rings is 1. The van der Waals surface area contributed by atoms with Crippen LogP contribution < -0.4 is 15.0 Å². The molecule has 3 heterocycles. The van der Waals surface area contributed by atoms with Crippen LogP contribution in [0.3, 0.4) is 0 Å². The van der Waals surface area contributed by atoms with Gasteiger partial charge >= 0.3 is 0 Å². The largest absolute Gasteiger partial charge is 0.485 e. The van der Waals surface area contributed by atoms with Gasteiger partial charge in [-0.15, -0.1) is 24.8 Å². The average Bonchev–Trinajstić information content (AvgIpc) is 2.92. The lowest BCUT2D eigenvalue weighted by atomic mass is 9.78. The fourth-order valence-electron chi connectivity index (χ4n) is 6.94. The van der Waals surface area contributed by atoms with Crippen molar-refractivity contribution in [1.29, 1.82) is 0 Å². The molecule has 1 unspecified atom stereocenters. The molecular weight excluding hydrogens is 539 g/mol. The Balaban J connectivity index is 0.00000210. The minimum atomic E-state index is -0.817. The Labute approximate surface area is 245 Å². The Hall–Kier alpha value is -1.74. The lowest BCUT2D eigenvalue weighted by molar-refractivity contribution is -0.166. The zero-order valence-electron chi connectivity index (χ0n) is 23.3. The summed E-state index contributed by atoms with van der Waals surface area (Å²) in [5.74, 6) is 0.838. The van der Waals surface area contributed by atoms with Crippen LogP contribution in [0.4, 0.5) is 5.69 Å². The lowest BCUT2D eigenvalue weighted by Crippen LogP contribution is -2.75. The molecule has 1 spiro atoms. The molecule has 2 amide bonds. The fourth-order valence-corrected chi connectivity index (χ4v) is 6.94. The normalized spacial score (nSPS) is 26.1. The van der Waals surface area contributed by atoms with Gasteiger partial charge in [-0.25, -0.2) is 0 Å². The zero-order valence-corrected chi connectivity index (χ0v) is 25.0. The number of carbonyl (C=O) groups is 2. The first-order valence-corrected chi connectivity index (χ1v) is 14.4. The first-order valence-electron chi connectivity index (χ1n) is 14.4. The van der Waals surface area contributed by atoms with Crippen LogP contribution in [0.15, 0.2) is 24.3 Å². The first-order chi connectivity index (χ1) is 17.9. The number of likely N-dealkylation sites (tertiary alicyclic amines) is 1. The zero-order chi connectivity index (χ0) is 26.0. The van der Waals surface area contributed by atoms with Gasteiger partial charge in [0, 0.05) is 33.2 Å². The van der Waals surface area contributed by atoms with Crippen molar-refractivity contribution in [2.24, 2.45) is 5.92 Å². The number of benzene rings is 1. The molecule has 3 fully saturated rings. The number of nitrogens with zero attached hydrogens (tertiary/aromatic N) is 3. The van der Waals surface area contributed by atoms with Crippen molar-refractivity contribution in [3.63, 3.8) is 0 Å². The number of hydrogen-bond acceptors (Lipinski definition) is 6. The number of anilines is 1. The summed E-state index contributed by atoms with van der Waals surface area (Å²) in [4.78, 5) is 34.0. The number of unbranched alkanes of at least 4 members (excludes halogenated alkanes) is 1. The number of fused-ring (bicyclic) bond motifs is 1. The Morgan fingerprint density at radius 1 is 1.10 bits per heavy atom. The summed E-state index contributed by atoms with van der Waals surface area (Å²) in [7, 11) is 2.10. The van der Waals surface area contributed by atoms with Crippen LogP contribution >= 0.6 is 24.8 Å². The van der Waals surface area contributed by atoms with Crippen molar-refractivity contribution >= 4 is 42.3 Å². The number of likely N-dealkylation sites (N-methyl/N-ethyl adjacent to an activating group) is 1. The van der Waals surface area contributed by atoms with Crippen LogP contribution in [-0.2, 0) is 9.59 Å². The molecule has 220 valence electrons. The third kappa shape index (κ3) is 6.45. The van der Waals surface area contributed by atoms with E-state index in [0.717, 1.165) is 76.1 Å². The molecule has 0 radical (unpaired) electrons. The van der Waals surface area contributed by atoms with Crippen LogP contribution in [-0.4, -0.2) is 90.3 Å². The van der Waals surface area contributed by atoms with E-state index in [0.29, 0.717) is 19.4 Å². The number of nitrogens with one attached hydrogen (secondary N) is 1. The van der Waals surface area contributed by atoms with Crippen molar-refractivity contribution in [3.8, 4) is 5.75 Å². The number of aliphatic hydroxyl groups excluding tert-OH is 1. The highest BCUT2D eigenvalue weighted by Gasteiger charge is 2.55. The highest BCUT2D eigenvalue weighted by molar-refractivity contribution is 6.00. The van der Waals surface area contributed by atoms with Gasteiger partial charge in [0.25, 0.3) is 0 Å². The molecule has 1 aromatic carbocycles. The molecule has 1 saturated carbocycles. The molecule has 3 aliphatic heterocycles. The van der Waals surface area contributed by atoms with Gasteiger partial charge < -0.3 is 25.0 Å². The number of piperazine rings is 1. The van der Waals surface area contributed by atoms with Crippen molar-refractivity contribution in [2.45, 2.75) is 88.5 Å². The quantitative estimate of drug-likeness (QED) is 0.509. The second-order valence-electron chi connectivity index (χ2n) is 11.6. The minimum Gasteiger partial charge on any atom is -0.485 e. The third-order valence-corrected chi connectivity index (χ3v) is 9.16. The van der Waals surface area contributed by atoms with E-state index < -0.39 is 17.7 Å². The molecule has 10 heteroatoms. The van der Waals surface area contributed by atoms with Gasteiger partial charge in [-0.05, 0) is 50.2 Å². The summed E-state index contributed by atoms with van der Waals surface area (Å²) in [6, 6.07) is 7.32. The van der Waals surface area contributed by atoms with E-state index in [1.165, 1.54) is 6.42 Å². The van der Waals surface area contributed by atoms with E-state index in [1.807, 2.05) is 23.1 Å². The van der Waals surface area contributed by atoms with Gasteiger partial charge in [0.1, 0.15) is 23.4 Å². The van der Waals surface area contributed by atoms with Crippen molar-refractivity contribution in [1.82, 2.24) is 15.1 Å². The number of halogens is 2. The SMILES string of the molecule is CCCCN1C(=O)[C@@H]([C@H](O)C2CCCCC2)NC(=O)C12CCN(CC1CN(C)c3ccccc3O1)CC2.Cl.Cl. The number of ether oxygens (including phenoxy) is 1. The van der Waals surface area contributed by atoms with Gasteiger partial charge in [0.2, 0.25) is 11.8 Å². The summed E-state index contributed by atoms with van der Waals surface area (Å²) >= 11 is 0. The molecular formula is C29H46Cl2N4O4. The fraction of sp³-hybridized carbons (Fsp3) is 0.724. The summed E-state index contributed by atoms with van der Waals surface area (Å²) in [6.07, 6.45) is 7.51. The number of rotatable bonds is 7. The maximum Gasteiger partial charge on any atom is 0.248 e. The summed E-state index contributed by atoms with van der Waals surface area (Å²) in [6.45, 7) is 5.78. The summed E-state index contributed by atoms with van der Waals surface area (Å²) in [5, 5.41) is 14.2. The molecule has 3 atom stereocenters. The molecule has 5 rings (SSSR count). The number of aliphatic hydroxyl groups is 1. The highest BCUT2D eigenvalue weighted by Crippen LogP contribution is 2.37. The van der Waals surface area contributed by atoms with Gasteiger partial charge in [-0.3, -0.25) is 14.5 Å². The first kappa shape index (κ1) is 31.8. The van der Waals surface area contributed by atoms with Crippen LogP contribution in [0, 0.1) is 5.92 Å². The maximum absolute atomic E-state index is 13.8. The van der Waals surface area contributed by atoms with Crippen molar-refractivity contribution in [2.75, 3.05) is 44.7 Å². The van der Waals surface area contributed by atoms with Crippen LogP contribution in [0.2, 0.25) is 0 Å². The topological polar surface area (TPSA) is 85.4 Å². The molecule has 0 aromatic heterocycles. The Bertz CT molecular complexity index is 968. The second-order valence-corrected chi connectivity index (χ2v) is 11.6. The van der Waals surface area contributed by atoms with Gasteiger partial charge in [0.15, 0.2) is 0 Å². The predicted molar refractivity (Wildman–Crippen MR) is 158 cm³/mol. The molecule has 1 aliphatic carbocycles. The molecule has 4 aliphatic rings. The molecule has 1 aromatic rings. The van der Waals surface area contributed by atoms with Gasteiger partial charge in [-0.1, -0.05) is 44.7 Å². The van der Waals surface area contributed by atoms with Crippen LogP contribution in [0.25, 0.3) is 0 Å². The monoisotopic (exact) mass is 584 g/mol. The van der Waals surface area contributed by atoms with E-state index in [4.69, 9.17) is 4.74 Å². The van der Waals surface area contributed by atoms with E-state index in [9.17, 15) is 14.7 Å². The molecule has 39 heavy (non-hydrogen) atoms. The van der Waals surface area contributed by atoms with E-state index >= 15 is 0 Å². The highest BCUT2D eigenvalue weighted by atomic mass is 35.5. The molecule has 2 N–H and O–H groups in total. The van der Waals surface area contributed by atoms with Crippen molar-refractivity contribution < 1.29 is 19.4 Å².